The molecule has 0 heterocycles. The van der Waals surface area contributed by atoms with E-state index in [1.807, 2.05) is 24.3 Å². The lowest BCUT2D eigenvalue weighted by atomic mass is 9.91. The van der Waals surface area contributed by atoms with Gasteiger partial charge in [0.25, 0.3) is 0 Å². The number of nitrogens with two attached hydrogens (primary N) is 1. The Morgan fingerprint density at radius 1 is 0.833 bits per heavy atom. The molecule has 0 aliphatic carbocycles. The molecule has 2 aromatic rings. The molecule has 2 rings (SSSR count). The average molecular weight is 584 g/mol. The smallest absolute Gasteiger partial charge is 0.408 e. The van der Waals surface area contributed by atoms with Crippen molar-refractivity contribution in [3.8, 4) is 0 Å². The molecule has 0 saturated heterocycles. The Hall–Kier alpha value is -4.45. The molecule has 0 fully saturated rings. The summed E-state index contributed by atoms with van der Waals surface area (Å²) in [5.74, 6) is -3.19. The SMILES string of the molecule is C[C@H](NC(=O)[C@H](C)NC(=O)[C@](C)(Cc1ccccc1)NC(=O)OCc1ccccc1)C(=O)N[C@@H](CCCCN)C(=O)O. The molecule has 42 heavy (non-hydrogen) atoms. The van der Waals surface area contributed by atoms with Crippen molar-refractivity contribution in [2.45, 2.75) is 76.7 Å². The molecule has 228 valence electrons. The fourth-order valence-electron chi connectivity index (χ4n) is 4.04. The van der Waals surface area contributed by atoms with Crippen LogP contribution in [0.4, 0.5) is 4.79 Å². The molecule has 2 aromatic carbocycles. The third-order valence-electron chi connectivity index (χ3n) is 6.55. The second-order valence-electron chi connectivity index (χ2n) is 10.3. The van der Waals surface area contributed by atoms with Crippen LogP contribution in [-0.4, -0.2) is 65.1 Å². The molecule has 7 N–H and O–H groups in total. The minimum absolute atomic E-state index is 0.00419. The van der Waals surface area contributed by atoms with E-state index in [4.69, 9.17) is 10.5 Å². The molecule has 0 aliphatic rings. The third kappa shape index (κ3) is 11.2. The van der Waals surface area contributed by atoms with Crippen molar-refractivity contribution in [3.63, 3.8) is 0 Å². The zero-order valence-corrected chi connectivity index (χ0v) is 24.2. The quantitative estimate of drug-likeness (QED) is 0.161. The number of ether oxygens (including phenoxy) is 1. The lowest BCUT2D eigenvalue weighted by molar-refractivity contribution is -0.142. The molecule has 4 atom stereocenters. The number of aliphatic carboxylic acids is 1. The molecule has 12 nitrogen and oxygen atoms in total. The van der Waals surface area contributed by atoms with Gasteiger partial charge in [-0.2, -0.15) is 0 Å². The van der Waals surface area contributed by atoms with E-state index in [9.17, 15) is 29.1 Å². The fourth-order valence-corrected chi connectivity index (χ4v) is 4.04. The Labute approximate surface area is 245 Å². The highest BCUT2D eigenvalue weighted by molar-refractivity contribution is 5.95. The van der Waals surface area contributed by atoms with Gasteiger partial charge in [-0.1, -0.05) is 60.7 Å². The van der Waals surface area contributed by atoms with Gasteiger partial charge in [0.2, 0.25) is 17.7 Å². The zero-order chi connectivity index (χ0) is 31.1. The van der Waals surface area contributed by atoms with Gasteiger partial charge >= 0.3 is 12.1 Å². The zero-order valence-electron chi connectivity index (χ0n) is 24.2. The number of nitrogens with one attached hydrogen (secondary N) is 4. The van der Waals surface area contributed by atoms with Crippen LogP contribution in [-0.2, 0) is 36.9 Å². The van der Waals surface area contributed by atoms with Crippen molar-refractivity contribution < 1.29 is 33.8 Å². The summed E-state index contributed by atoms with van der Waals surface area (Å²) < 4.78 is 5.32. The number of amides is 4. The number of alkyl carbamates (subject to hydrolysis) is 1. The Morgan fingerprint density at radius 2 is 1.38 bits per heavy atom. The van der Waals surface area contributed by atoms with Gasteiger partial charge in [0.1, 0.15) is 30.3 Å². The summed E-state index contributed by atoms with van der Waals surface area (Å²) in [7, 11) is 0. The highest BCUT2D eigenvalue weighted by Gasteiger charge is 2.37. The van der Waals surface area contributed by atoms with E-state index in [-0.39, 0.29) is 19.4 Å². The second-order valence-corrected chi connectivity index (χ2v) is 10.3. The van der Waals surface area contributed by atoms with Gasteiger partial charge in [-0.25, -0.2) is 9.59 Å². The first kappa shape index (κ1) is 33.8. The van der Waals surface area contributed by atoms with Gasteiger partial charge in [0.05, 0.1) is 0 Å². The number of unbranched alkanes of at least 4 members (excludes halogenated alkanes) is 1. The maximum absolute atomic E-state index is 13.4. The Balaban J connectivity index is 2.03. The normalized spacial score (nSPS) is 14.3. The summed E-state index contributed by atoms with van der Waals surface area (Å²) in [6.45, 7) is 4.78. The van der Waals surface area contributed by atoms with Crippen molar-refractivity contribution >= 4 is 29.8 Å². The van der Waals surface area contributed by atoms with E-state index in [1.165, 1.54) is 20.8 Å². The number of carboxylic acids is 1. The van der Waals surface area contributed by atoms with Crippen LogP contribution in [0.15, 0.2) is 60.7 Å². The van der Waals surface area contributed by atoms with Gasteiger partial charge in [-0.05, 0) is 57.7 Å². The number of benzene rings is 2. The summed E-state index contributed by atoms with van der Waals surface area (Å²) >= 11 is 0. The van der Waals surface area contributed by atoms with Crippen LogP contribution in [0, 0.1) is 0 Å². The molecule has 0 radical (unpaired) electrons. The predicted octanol–water partition coefficient (Wildman–Crippen LogP) is 1.62. The molecule has 0 saturated carbocycles. The monoisotopic (exact) mass is 583 g/mol. The average Bonchev–Trinajstić information content (AvgIpc) is 2.96. The molecule has 0 bridgehead atoms. The number of hydrogen-bond acceptors (Lipinski definition) is 7. The van der Waals surface area contributed by atoms with E-state index < -0.39 is 53.4 Å². The van der Waals surface area contributed by atoms with Crippen LogP contribution in [0.3, 0.4) is 0 Å². The number of hydrogen-bond donors (Lipinski definition) is 6. The van der Waals surface area contributed by atoms with Crippen molar-refractivity contribution in [3.05, 3.63) is 71.8 Å². The number of carbonyl (C=O) groups is 5. The molecule has 12 heteroatoms. The first-order valence-electron chi connectivity index (χ1n) is 13.8. The summed E-state index contributed by atoms with van der Waals surface area (Å²) in [6.07, 6.45) is 0.633. The summed E-state index contributed by atoms with van der Waals surface area (Å²) in [4.78, 5) is 63.0. The fraction of sp³-hybridized carbons (Fsp3) is 0.433. The van der Waals surface area contributed by atoms with Crippen LogP contribution in [0.25, 0.3) is 0 Å². The predicted molar refractivity (Wildman–Crippen MR) is 156 cm³/mol. The Kier molecular flexibility index (Phi) is 13.4. The summed E-state index contributed by atoms with van der Waals surface area (Å²) in [6, 6.07) is 14.8. The highest BCUT2D eigenvalue weighted by atomic mass is 16.5. The topological polar surface area (TPSA) is 189 Å². The van der Waals surface area contributed by atoms with Gasteiger partial charge < -0.3 is 36.8 Å². The third-order valence-corrected chi connectivity index (χ3v) is 6.55. The first-order chi connectivity index (χ1) is 19.9. The second kappa shape index (κ2) is 16.7. The van der Waals surface area contributed by atoms with Crippen molar-refractivity contribution in [2.75, 3.05) is 6.54 Å². The maximum Gasteiger partial charge on any atom is 0.408 e. The van der Waals surface area contributed by atoms with E-state index in [1.54, 1.807) is 36.4 Å². The molecule has 0 aliphatic heterocycles. The van der Waals surface area contributed by atoms with Crippen molar-refractivity contribution in [1.29, 1.82) is 0 Å². The number of carbonyl (C=O) groups excluding carboxylic acids is 4. The van der Waals surface area contributed by atoms with Gasteiger partial charge in [0, 0.05) is 6.42 Å². The largest absolute Gasteiger partial charge is 0.480 e. The maximum atomic E-state index is 13.4. The molecule has 0 spiro atoms. The van der Waals surface area contributed by atoms with Gasteiger partial charge in [-0.15, -0.1) is 0 Å². The minimum atomic E-state index is -1.50. The number of rotatable bonds is 16. The summed E-state index contributed by atoms with van der Waals surface area (Å²) in [5, 5.41) is 19.5. The molecular formula is C30H41N5O7. The lowest BCUT2D eigenvalue weighted by Crippen LogP contribution is -2.61. The Morgan fingerprint density at radius 3 is 1.95 bits per heavy atom. The lowest BCUT2D eigenvalue weighted by Gasteiger charge is -2.31. The van der Waals surface area contributed by atoms with Crippen molar-refractivity contribution in [1.82, 2.24) is 21.3 Å². The highest BCUT2D eigenvalue weighted by Crippen LogP contribution is 2.15. The molecular weight excluding hydrogens is 542 g/mol. The van der Waals surface area contributed by atoms with E-state index in [0.29, 0.717) is 19.4 Å². The van der Waals surface area contributed by atoms with Crippen LogP contribution in [0.2, 0.25) is 0 Å². The number of carboxylic acid groups (broad SMARTS) is 1. The first-order valence-corrected chi connectivity index (χ1v) is 13.8. The van der Waals surface area contributed by atoms with Crippen LogP contribution >= 0.6 is 0 Å². The van der Waals surface area contributed by atoms with Crippen molar-refractivity contribution in [2.24, 2.45) is 5.73 Å². The van der Waals surface area contributed by atoms with Crippen LogP contribution in [0.1, 0.15) is 51.2 Å². The molecule has 0 unspecified atom stereocenters. The van der Waals surface area contributed by atoms with Crippen LogP contribution < -0.4 is 27.0 Å². The standard InChI is InChI=1S/C30H41N5O7/c1-20(26(37)34-24(27(38)39)16-10-11-17-31)32-25(36)21(2)33-28(40)30(3,18-22-12-6-4-7-13-22)35-29(41)42-19-23-14-8-5-9-15-23/h4-9,12-15,20-21,24H,10-11,16-19,31H2,1-3H3,(H,32,36)(H,33,40)(H,34,37)(H,35,41)(H,38,39)/t20-,21-,24-,30-/m0/s1. The molecule has 4 amide bonds. The van der Waals surface area contributed by atoms with Gasteiger partial charge in [0.15, 0.2) is 0 Å². The molecule has 0 aromatic heterocycles. The minimum Gasteiger partial charge on any atom is -0.480 e. The van der Waals surface area contributed by atoms with Crippen LogP contribution in [0.5, 0.6) is 0 Å². The van der Waals surface area contributed by atoms with E-state index >= 15 is 0 Å². The summed E-state index contributed by atoms with van der Waals surface area (Å²) in [5.41, 5.74) is 5.49. The van der Waals surface area contributed by atoms with Gasteiger partial charge in [-0.3, -0.25) is 14.4 Å². The van der Waals surface area contributed by atoms with E-state index in [2.05, 4.69) is 21.3 Å². The Bertz CT molecular complexity index is 1200. The van der Waals surface area contributed by atoms with E-state index in [0.717, 1.165) is 11.1 Å².